The molecule has 5 nitrogen and oxygen atoms in total. The van der Waals surface area contributed by atoms with E-state index in [1.165, 1.54) is 24.4 Å². The van der Waals surface area contributed by atoms with E-state index >= 15 is 0 Å². The van der Waals surface area contributed by atoms with Crippen LogP contribution in [0.2, 0.25) is 0 Å². The molecule has 0 aliphatic heterocycles. The maximum absolute atomic E-state index is 13.2. The summed E-state index contributed by atoms with van der Waals surface area (Å²) in [6, 6.07) is 14.0. The van der Waals surface area contributed by atoms with Crippen LogP contribution in [0.15, 0.2) is 70.2 Å². The number of sulfonamides is 1. The molecule has 0 aliphatic rings. The minimum absolute atomic E-state index is 0.0793. The van der Waals surface area contributed by atoms with Crippen molar-refractivity contribution >= 4 is 26.0 Å². The Kier molecular flexibility index (Phi) is 5.88. The lowest BCUT2D eigenvalue weighted by molar-refractivity contribution is 0.457. The molecule has 0 atom stereocenters. The summed E-state index contributed by atoms with van der Waals surface area (Å²) in [7, 11) is -3.67. The zero-order chi connectivity index (χ0) is 19.4. The first-order chi connectivity index (χ1) is 12.8. The van der Waals surface area contributed by atoms with E-state index in [1.54, 1.807) is 36.4 Å². The lowest BCUT2D eigenvalue weighted by atomic mass is 10.2. The maximum Gasteiger partial charge on any atom is 0.241 e. The first-order valence-electron chi connectivity index (χ1n) is 7.98. The molecule has 1 aromatic heterocycles. The summed E-state index contributed by atoms with van der Waals surface area (Å²) in [4.78, 5) is 4.29. The normalized spacial score (nSPS) is 11.4. The molecular weight excluding hydrogens is 435 g/mol. The van der Waals surface area contributed by atoms with Crippen molar-refractivity contribution in [1.82, 2.24) is 9.71 Å². The van der Waals surface area contributed by atoms with Crippen LogP contribution in [0.4, 0.5) is 4.39 Å². The van der Waals surface area contributed by atoms with Crippen LogP contribution in [0.1, 0.15) is 11.1 Å². The Labute approximate surface area is 165 Å². The topological polar surface area (TPSA) is 68.3 Å². The Morgan fingerprint density at radius 1 is 1.15 bits per heavy atom. The SMILES string of the molecule is Cc1ccc(S(=O)(=O)NCc2ccc(Oc3cccc(F)c3)nc2)c(Br)c1. The number of hydrogen-bond acceptors (Lipinski definition) is 4. The van der Waals surface area contributed by atoms with Crippen LogP contribution in [0, 0.1) is 12.7 Å². The van der Waals surface area contributed by atoms with Crippen molar-refractivity contribution in [2.24, 2.45) is 0 Å². The first-order valence-corrected chi connectivity index (χ1v) is 10.3. The Bertz CT molecular complexity index is 1060. The Balaban J connectivity index is 1.66. The highest BCUT2D eigenvalue weighted by Crippen LogP contribution is 2.23. The van der Waals surface area contributed by atoms with Crippen molar-refractivity contribution in [3.05, 3.63) is 82.2 Å². The van der Waals surface area contributed by atoms with E-state index in [2.05, 4.69) is 25.6 Å². The molecule has 1 heterocycles. The van der Waals surface area contributed by atoms with Crippen LogP contribution in [0.25, 0.3) is 0 Å². The molecule has 0 saturated carbocycles. The van der Waals surface area contributed by atoms with Gasteiger partial charge in [-0.3, -0.25) is 0 Å². The fourth-order valence-electron chi connectivity index (χ4n) is 2.31. The maximum atomic E-state index is 13.2. The predicted molar refractivity (Wildman–Crippen MR) is 104 cm³/mol. The van der Waals surface area contributed by atoms with Gasteiger partial charge in [0.25, 0.3) is 0 Å². The molecule has 27 heavy (non-hydrogen) atoms. The van der Waals surface area contributed by atoms with Crippen molar-refractivity contribution < 1.29 is 17.5 Å². The van der Waals surface area contributed by atoms with Gasteiger partial charge >= 0.3 is 0 Å². The molecule has 0 amide bonds. The summed E-state index contributed by atoms with van der Waals surface area (Å²) < 4.78 is 46.6. The quantitative estimate of drug-likeness (QED) is 0.597. The van der Waals surface area contributed by atoms with Gasteiger partial charge < -0.3 is 4.74 Å². The average Bonchev–Trinajstić information content (AvgIpc) is 2.61. The molecule has 8 heteroatoms. The highest BCUT2D eigenvalue weighted by atomic mass is 79.9. The number of hydrogen-bond donors (Lipinski definition) is 1. The minimum atomic E-state index is -3.67. The molecule has 140 valence electrons. The van der Waals surface area contributed by atoms with Crippen molar-refractivity contribution in [2.75, 3.05) is 0 Å². The largest absolute Gasteiger partial charge is 0.439 e. The first kappa shape index (κ1) is 19.5. The van der Waals surface area contributed by atoms with Crippen LogP contribution >= 0.6 is 15.9 Å². The number of nitrogens with one attached hydrogen (secondary N) is 1. The van der Waals surface area contributed by atoms with E-state index < -0.39 is 15.8 Å². The standard InChI is InChI=1S/C19H16BrFN2O3S/c1-13-5-7-18(17(20)9-13)27(24,25)23-12-14-6-8-19(22-11-14)26-16-4-2-3-15(21)10-16/h2-11,23H,12H2,1H3. The number of pyridine rings is 1. The number of aryl methyl sites for hydroxylation is 1. The van der Waals surface area contributed by atoms with Gasteiger partial charge in [-0.15, -0.1) is 0 Å². The molecule has 0 fully saturated rings. The lowest BCUT2D eigenvalue weighted by Gasteiger charge is -2.10. The monoisotopic (exact) mass is 450 g/mol. The summed E-state index contributed by atoms with van der Waals surface area (Å²) in [6.07, 6.45) is 1.50. The summed E-state index contributed by atoms with van der Waals surface area (Å²) in [5.41, 5.74) is 1.62. The van der Waals surface area contributed by atoms with Crippen molar-refractivity contribution in [3.8, 4) is 11.6 Å². The van der Waals surface area contributed by atoms with Gasteiger partial charge in [-0.2, -0.15) is 0 Å². The van der Waals surface area contributed by atoms with Crippen LogP contribution in [-0.2, 0) is 16.6 Å². The van der Waals surface area contributed by atoms with Gasteiger partial charge in [-0.1, -0.05) is 18.2 Å². The molecule has 2 aromatic carbocycles. The number of benzene rings is 2. The van der Waals surface area contributed by atoms with Gasteiger partial charge in [0.1, 0.15) is 11.6 Å². The second kappa shape index (κ2) is 8.16. The molecule has 0 radical (unpaired) electrons. The zero-order valence-corrected chi connectivity index (χ0v) is 16.7. The third kappa shape index (κ3) is 5.12. The van der Waals surface area contributed by atoms with Crippen molar-refractivity contribution in [3.63, 3.8) is 0 Å². The van der Waals surface area contributed by atoms with Gasteiger partial charge in [0.05, 0.1) is 4.90 Å². The summed E-state index contributed by atoms with van der Waals surface area (Å²) in [6.45, 7) is 1.96. The van der Waals surface area contributed by atoms with Gasteiger partial charge in [0, 0.05) is 29.3 Å². The van der Waals surface area contributed by atoms with E-state index in [1.807, 2.05) is 6.92 Å². The number of aromatic nitrogens is 1. The van der Waals surface area contributed by atoms with E-state index in [9.17, 15) is 12.8 Å². The molecule has 0 aliphatic carbocycles. The van der Waals surface area contributed by atoms with E-state index in [4.69, 9.17) is 4.74 Å². The zero-order valence-electron chi connectivity index (χ0n) is 14.3. The van der Waals surface area contributed by atoms with Gasteiger partial charge in [-0.25, -0.2) is 22.5 Å². The van der Waals surface area contributed by atoms with Crippen LogP contribution in [0.3, 0.4) is 0 Å². The third-order valence-corrected chi connectivity index (χ3v) is 6.04. The lowest BCUT2D eigenvalue weighted by Crippen LogP contribution is -2.23. The van der Waals surface area contributed by atoms with Gasteiger partial charge in [0.2, 0.25) is 15.9 Å². The molecule has 3 aromatic rings. The van der Waals surface area contributed by atoms with E-state index in [0.717, 1.165) is 5.56 Å². The fourth-order valence-corrected chi connectivity index (χ4v) is 4.51. The number of nitrogens with zero attached hydrogens (tertiary/aromatic N) is 1. The smallest absolute Gasteiger partial charge is 0.241 e. The number of rotatable bonds is 6. The van der Waals surface area contributed by atoms with Crippen LogP contribution in [-0.4, -0.2) is 13.4 Å². The average molecular weight is 451 g/mol. The molecule has 0 spiro atoms. The molecule has 0 unspecified atom stereocenters. The Hall–Kier alpha value is -2.29. The highest BCUT2D eigenvalue weighted by Gasteiger charge is 2.17. The van der Waals surface area contributed by atoms with Crippen molar-refractivity contribution in [1.29, 1.82) is 0 Å². The van der Waals surface area contributed by atoms with Gasteiger partial charge in [-0.05, 0) is 58.2 Å². The molecule has 1 N–H and O–H groups in total. The number of halogens is 2. The summed E-state index contributed by atoms with van der Waals surface area (Å²) in [5, 5.41) is 0. The van der Waals surface area contributed by atoms with Crippen LogP contribution in [0.5, 0.6) is 11.6 Å². The minimum Gasteiger partial charge on any atom is -0.439 e. The molecule has 0 bridgehead atoms. The molecule has 0 saturated heterocycles. The summed E-state index contributed by atoms with van der Waals surface area (Å²) in [5.74, 6) is 0.217. The molecule has 3 rings (SSSR count). The highest BCUT2D eigenvalue weighted by molar-refractivity contribution is 9.10. The second-order valence-corrected chi connectivity index (χ2v) is 8.41. The van der Waals surface area contributed by atoms with Gasteiger partial charge in [0.15, 0.2) is 0 Å². The van der Waals surface area contributed by atoms with E-state index in [-0.39, 0.29) is 17.3 Å². The molecular formula is C19H16BrFN2O3S. The third-order valence-electron chi connectivity index (χ3n) is 3.66. The fraction of sp³-hybridized carbons (Fsp3) is 0.105. The van der Waals surface area contributed by atoms with Crippen LogP contribution < -0.4 is 9.46 Å². The predicted octanol–water partition coefficient (Wildman–Crippen LogP) is 4.56. The Morgan fingerprint density at radius 3 is 2.63 bits per heavy atom. The second-order valence-electron chi connectivity index (χ2n) is 5.82. The van der Waals surface area contributed by atoms with Crippen molar-refractivity contribution in [2.45, 2.75) is 18.4 Å². The summed E-state index contributed by atoms with van der Waals surface area (Å²) >= 11 is 3.28. The number of ether oxygens (including phenoxy) is 1. The Morgan fingerprint density at radius 2 is 1.96 bits per heavy atom. The van der Waals surface area contributed by atoms with E-state index in [0.29, 0.717) is 15.8 Å².